The van der Waals surface area contributed by atoms with E-state index in [1.807, 2.05) is 41.3 Å². The van der Waals surface area contributed by atoms with E-state index in [1.165, 1.54) is 12.4 Å². The Hall–Kier alpha value is -4.34. The largest absolute Gasteiger partial charge is 0.481 e. The van der Waals surface area contributed by atoms with E-state index in [0.717, 1.165) is 23.3 Å². The van der Waals surface area contributed by atoms with Crippen molar-refractivity contribution in [1.29, 1.82) is 0 Å². The summed E-state index contributed by atoms with van der Waals surface area (Å²) in [6.07, 6.45) is 2.64. The number of rotatable bonds is 6. The van der Waals surface area contributed by atoms with Crippen molar-refractivity contribution in [2.75, 3.05) is 38.2 Å². The normalized spacial score (nSPS) is 13.7. The van der Waals surface area contributed by atoms with Crippen LogP contribution in [0.3, 0.4) is 0 Å². The van der Waals surface area contributed by atoms with Crippen molar-refractivity contribution in [2.45, 2.75) is 6.54 Å². The van der Waals surface area contributed by atoms with E-state index in [4.69, 9.17) is 4.74 Å². The Bertz CT molecular complexity index is 1300. The number of amides is 1. The zero-order valence-corrected chi connectivity index (χ0v) is 19.2. The molecule has 10 heteroatoms. The molecule has 9 nitrogen and oxygen atoms in total. The number of carbonyl (C=O) groups excluding carboxylic acids is 1. The van der Waals surface area contributed by atoms with Crippen LogP contribution in [0.1, 0.15) is 0 Å². The Balaban J connectivity index is 1.32. The molecule has 0 bridgehead atoms. The van der Waals surface area contributed by atoms with Gasteiger partial charge in [-0.3, -0.25) is 14.5 Å². The molecular weight excluding hydrogens is 449 g/mol. The number of halogens is 1. The lowest BCUT2D eigenvalue weighted by Crippen LogP contribution is -2.50. The number of carbonyl (C=O) groups is 1. The van der Waals surface area contributed by atoms with E-state index in [-0.39, 0.29) is 12.5 Å². The molecule has 1 aliphatic heterocycles. The monoisotopic (exact) mass is 473 g/mol. The van der Waals surface area contributed by atoms with Gasteiger partial charge in [0.1, 0.15) is 30.2 Å². The predicted octanol–water partition coefficient (Wildman–Crippen LogP) is 2.90. The summed E-state index contributed by atoms with van der Waals surface area (Å²) in [4.78, 5) is 29.7. The smallest absolute Gasteiger partial charge is 0.244 e. The molecule has 0 atom stereocenters. The van der Waals surface area contributed by atoms with Crippen molar-refractivity contribution in [2.24, 2.45) is 0 Å². The number of hydrogen-bond acceptors (Lipinski definition) is 7. The first-order chi connectivity index (χ1) is 17.1. The van der Waals surface area contributed by atoms with Crippen LogP contribution in [0.5, 0.6) is 5.88 Å². The highest BCUT2D eigenvalue weighted by Crippen LogP contribution is 2.26. The highest BCUT2D eigenvalue weighted by Gasteiger charge is 2.24. The van der Waals surface area contributed by atoms with Gasteiger partial charge in [-0.2, -0.15) is 5.10 Å². The highest BCUT2D eigenvalue weighted by molar-refractivity contribution is 5.78. The van der Waals surface area contributed by atoms with Crippen LogP contribution in [0, 0.1) is 5.82 Å². The molecule has 178 valence electrons. The van der Waals surface area contributed by atoms with Crippen molar-refractivity contribution in [3.05, 3.63) is 72.9 Å². The second-order valence-corrected chi connectivity index (χ2v) is 8.09. The molecule has 1 amide bonds. The van der Waals surface area contributed by atoms with Crippen LogP contribution in [0.4, 0.5) is 10.2 Å². The quantitative estimate of drug-likeness (QED) is 0.425. The molecule has 4 aromatic rings. The maximum Gasteiger partial charge on any atom is 0.244 e. The number of benzene rings is 1. The number of aromatic nitrogens is 5. The average molecular weight is 474 g/mol. The second kappa shape index (κ2) is 9.88. The van der Waals surface area contributed by atoms with Gasteiger partial charge in [0.25, 0.3) is 0 Å². The SMILES string of the molecule is COc1cc(N2CCN(C(=O)Cn3nc(-c4ccc(F)cn4)cc3-c3ccccc3)CC2)ncn1. The number of anilines is 1. The lowest BCUT2D eigenvalue weighted by Gasteiger charge is -2.35. The van der Waals surface area contributed by atoms with Crippen LogP contribution in [-0.2, 0) is 11.3 Å². The third kappa shape index (κ3) is 4.96. The third-order valence-electron chi connectivity index (χ3n) is 5.92. The average Bonchev–Trinajstić information content (AvgIpc) is 3.33. The molecule has 3 aromatic heterocycles. The summed E-state index contributed by atoms with van der Waals surface area (Å²) in [7, 11) is 1.57. The number of pyridine rings is 1. The molecule has 1 fully saturated rings. The second-order valence-electron chi connectivity index (χ2n) is 8.09. The standard InChI is InChI=1S/C25H24FN7O2/c1-35-24-14-23(28-17-29-24)31-9-11-32(12-10-31)25(34)16-33-22(18-5-3-2-4-6-18)13-21(30-33)20-8-7-19(26)15-27-20/h2-8,13-15,17H,9-12,16H2,1H3. The Kier molecular flexibility index (Phi) is 6.34. The van der Waals surface area contributed by atoms with Crippen LogP contribution in [0.2, 0.25) is 0 Å². The number of ether oxygens (including phenoxy) is 1. The number of methoxy groups -OCH3 is 1. The number of nitrogens with zero attached hydrogens (tertiary/aromatic N) is 7. The van der Waals surface area contributed by atoms with Gasteiger partial charge < -0.3 is 14.5 Å². The first kappa shape index (κ1) is 22.5. The summed E-state index contributed by atoms with van der Waals surface area (Å²) in [6.45, 7) is 2.54. The molecule has 5 rings (SSSR count). The Morgan fingerprint density at radius 1 is 0.971 bits per heavy atom. The Morgan fingerprint density at radius 2 is 1.77 bits per heavy atom. The fourth-order valence-corrected chi connectivity index (χ4v) is 4.06. The van der Waals surface area contributed by atoms with Gasteiger partial charge in [0.15, 0.2) is 0 Å². The minimum absolute atomic E-state index is 0.0242. The third-order valence-corrected chi connectivity index (χ3v) is 5.92. The van der Waals surface area contributed by atoms with Gasteiger partial charge in [-0.1, -0.05) is 30.3 Å². The van der Waals surface area contributed by atoms with Crippen LogP contribution in [0.25, 0.3) is 22.6 Å². The zero-order valence-electron chi connectivity index (χ0n) is 19.2. The van der Waals surface area contributed by atoms with E-state index in [9.17, 15) is 9.18 Å². The lowest BCUT2D eigenvalue weighted by atomic mass is 10.1. The van der Waals surface area contributed by atoms with Gasteiger partial charge in [-0.15, -0.1) is 0 Å². The predicted molar refractivity (Wildman–Crippen MR) is 128 cm³/mol. The van der Waals surface area contributed by atoms with Crippen LogP contribution < -0.4 is 9.64 Å². The van der Waals surface area contributed by atoms with Gasteiger partial charge in [0.05, 0.1) is 24.7 Å². The fraction of sp³-hybridized carbons (Fsp3) is 0.240. The summed E-state index contributed by atoms with van der Waals surface area (Å²) >= 11 is 0. The maximum atomic E-state index is 13.3. The van der Waals surface area contributed by atoms with E-state index in [1.54, 1.807) is 23.9 Å². The molecular formula is C25H24FN7O2. The van der Waals surface area contributed by atoms with Crippen LogP contribution >= 0.6 is 0 Å². The van der Waals surface area contributed by atoms with Gasteiger partial charge >= 0.3 is 0 Å². The molecule has 0 radical (unpaired) electrons. The molecule has 1 saturated heterocycles. The van der Waals surface area contributed by atoms with E-state index in [0.29, 0.717) is 43.4 Å². The maximum absolute atomic E-state index is 13.3. The minimum Gasteiger partial charge on any atom is -0.481 e. The summed E-state index contributed by atoms with van der Waals surface area (Å²) in [5.41, 5.74) is 2.86. The molecule has 35 heavy (non-hydrogen) atoms. The highest BCUT2D eigenvalue weighted by atomic mass is 19.1. The van der Waals surface area contributed by atoms with Crippen molar-refractivity contribution >= 4 is 11.7 Å². The summed E-state index contributed by atoms with van der Waals surface area (Å²) < 4.78 is 20.2. The fourth-order valence-electron chi connectivity index (χ4n) is 4.06. The first-order valence-electron chi connectivity index (χ1n) is 11.2. The number of hydrogen-bond donors (Lipinski definition) is 0. The summed E-state index contributed by atoms with van der Waals surface area (Å²) in [6, 6.07) is 16.3. The van der Waals surface area contributed by atoms with E-state index in [2.05, 4.69) is 25.0 Å². The lowest BCUT2D eigenvalue weighted by molar-refractivity contribution is -0.132. The minimum atomic E-state index is -0.411. The van der Waals surface area contributed by atoms with Gasteiger partial charge in [0.2, 0.25) is 11.8 Å². The summed E-state index contributed by atoms with van der Waals surface area (Å²) in [5, 5.41) is 4.65. The van der Waals surface area contributed by atoms with Crippen molar-refractivity contribution in [3.63, 3.8) is 0 Å². The van der Waals surface area contributed by atoms with Crippen LogP contribution in [-0.4, -0.2) is 68.8 Å². The van der Waals surface area contributed by atoms with Gasteiger partial charge in [0, 0.05) is 32.2 Å². The number of piperazine rings is 1. The molecule has 0 saturated carbocycles. The molecule has 0 spiro atoms. The Morgan fingerprint density at radius 3 is 2.49 bits per heavy atom. The topological polar surface area (TPSA) is 89.3 Å². The molecule has 0 N–H and O–H groups in total. The molecule has 0 aliphatic carbocycles. The van der Waals surface area contributed by atoms with Crippen LogP contribution in [0.15, 0.2) is 67.1 Å². The first-order valence-corrected chi connectivity index (χ1v) is 11.2. The molecule has 0 unspecified atom stereocenters. The van der Waals surface area contributed by atoms with Crippen molar-refractivity contribution in [1.82, 2.24) is 29.6 Å². The van der Waals surface area contributed by atoms with E-state index >= 15 is 0 Å². The summed E-state index contributed by atoms with van der Waals surface area (Å²) in [5.74, 6) is 0.848. The van der Waals surface area contributed by atoms with E-state index < -0.39 is 5.82 Å². The Labute approximate surface area is 201 Å². The molecule has 4 heterocycles. The van der Waals surface area contributed by atoms with Crippen molar-refractivity contribution in [3.8, 4) is 28.5 Å². The molecule has 1 aliphatic rings. The zero-order chi connectivity index (χ0) is 24.2. The molecule has 1 aromatic carbocycles. The van der Waals surface area contributed by atoms with Crippen molar-refractivity contribution < 1.29 is 13.9 Å². The van der Waals surface area contributed by atoms with Gasteiger partial charge in [-0.05, 0) is 23.8 Å². The van der Waals surface area contributed by atoms with Gasteiger partial charge in [-0.25, -0.2) is 14.4 Å².